The lowest BCUT2D eigenvalue weighted by Gasteiger charge is -2.11. The molecule has 1 amide bonds. The molecule has 0 atom stereocenters. The number of rotatable bonds is 8. The van der Waals surface area contributed by atoms with E-state index in [9.17, 15) is 4.79 Å². The molecule has 0 saturated carbocycles. The van der Waals surface area contributed by atoms with Crippen LogP contribution in [0.3, 0.4) is 0 Å². The monoisotopic (exact) mass is 459 g/mol. The van der Waals surface area contributed by atoms with Gasteiger partial charge in [-0.1, -0.05) is 47.9 Å². The Morgan fingerprint density at radius 2 is 1.79 bits per heavy atom. The first-order valence-corrected chi connectivity index (χ1v) is 11.4. The molecule has 1 heterocycles. The summed E-state index contributed by atoms with van der Waals surface area (Å²) in [7, 11) is 0. The SMILES string of the molecule is CC/C(C)=C(C)/C=C(/C)NCc1ccc(C(=O)Nc2ccc(Cl)c(-c3ccccn3)c2)cc1. The predicted molar refractivity (Wildman–Crippen MR) is 138 cm³/mol. The molecule has 0 unspecified atom stereocenters. The first kappa shape index (κ1) is 24.3. The third-order valence-electron chi connectivity index (χ3n) is 5.59. The van der Waals surface area contributed by atoms with Gasteiger partial charge in [-0.05, 0) is 81.3 Å². The van der Waals surface area contributed by atoms with E-state index < -0.39 is 0 Å². The van der Waals surface area contributed by atoms with Gasteiger partial charge in [0.05, 0.1) is 10.7 Å². The maximum Gasteiger partial charge on any atom is 0.255 e. The Labute approximate surface area is 201 Å². The number of amides is 1. The second-order valence-corrected chi connectivity index (χ2v) is 8.47. The molecule has 0 radical (unpaired) electrons. The summed E-state index contributed by atoms with van der Waals surface area (Å²) in [6, 6.07) is 18.7. The summed E-state index contributed by atoms with van der Waals surface area (Å²) in [4.78, 5) is 17.1. The topological polar surface area (TPSA) is 54.0 Å². The van der Waals surface area contributed by atoms with Crippen molar-refractivity contribution in [1.29, 1.82) is 0 Å². The lowest BCUT2D eigenvalue weighted by Crippen LogP contribution is -2.13. The largest absolute Gasteiger partial charge is 0.384 e. The average Bonchev–Trinajstić information content (AvgIpc) is 2.84. The Kier molecular flexibility index (Phi) is 8.45. The lowest BCUT2D eigenvalue weighted by molar-refractivity contribution is 0.102. The second-order valence-electron chi connectivity index (χ2n) is 8.06. The van der Waals surface area contributed by atoms with Gasteiger partial charge in [0.25, 0.3) is 5.91 Å². The number of carbonyl (C=O) groups is 1. The number of aromatic nitrogens is 1. The van der Waals surface area contributed by atoms with Gasteiger partial charge in [0.15, 0.2) is 0 Å². The average molecular weight is 460 g/mol. The molecule has 0 fully saturated rings. The van der Waals surface area contributed by atoms with Gasteiger partial charge in [0.1, 0.15) is 0 Å². The first-order chi connectivity index (χ1) is 15.9. The third-order valence-corrected chi connectivity index (χ3v) is 5.92. The van der Waals surface area contributed by atoms with E-state index in [2.05, 4.69) is 49.4 Å². The first-order valence-electron chi connectivity index (χ1n) is 11.1. The van der Waals surface area contributed by atoms with Crippen LogP contribution in [0.1, 0.15) is 50.0 Å². The Bertz CT molecular complexity index is 1170. The molecule has 3 aromatic rings. The molecule has 0 saturated heterocycles. The summed E-state index contributed by atoms with van der Waals surface area (Å²) >= 11 is 6.34. The van der Waals surface area contributed by atoms with Crippen LogP contribution in [0.15, 0.2) is 89.8 Å². The van der Waals surface area contributed by atoms with Gasteiger partial charge in [-0.25, -0.2) is 0 Å². The van der Waals surface area contributed by atoms with Gasteiger partial charge in [-0.15, -0.1) is 0 Å². The predicted octanol–water partition coefficient (Wildman–Crippen LogP) is 7.39. The second kappa shape index (κ2) is 11.5. The number of nitrogens with zero attached hydrogens (tertiary/aromatic N) is 1. The van der Waals surface area contributed by atoms with Crippen LogP contribution in [0, 0.1) is 0 Å². The van der Waals surface area contributed by atoms with Crippen molar-refractivity contribution >= 4 is 23.2 Å². The van der Waals surface area contributed by atoms with Crippen molar-refractivity contribution in [1.82, 2.24) is 10.3 Å². The van der Waals surface area contributed by atoms with Crippen molar-refractivity contribution in [3.63, 3.8) is 0 Å². The normalized spacial score (nSPS) is 12.2. The van der Waals surface area contributed by atoms with Crippen LogP contribution in [0.25, 0.3) is 11.3 Å². The molecule has 0 aliphatic rings. The number of benzene rings is 2. The molecule has 33 heavy (non-hydrogen) atoms. The highest BCUT2D eigenvalue weighted by Crippen LogP contribution is 2.29. The van der Waals surface area contributed by atoms with Gasteiger partial charge in [0, 0.05) is 35.3 Å². The number of nitrogens with one attached hydrogen (secondary N) is 2. The third kappa shape index (κ3) is 6.80. The fourth-order valence-electron chi connectivity index (χ4n) is 3.32. The molecule has 0 bridgehead atoms. The van der Waals surface area contributed by atoms with Crippen molar-refractivity contribution in [3.05, 3.63) is 106 Å². The van der Waals surface area contributed by atoms with Crippen LogP contribution in [0.5, 0.6) is 0 Å². The van der Waals surface area contributed by atoms with Crippen LogP contribution in [0.2, 0.25) is 5.02 Å². The molecule has 3 rings (SSSR count). The molecule has 0 aliphatic carbocycles. The van der Waals surface area contributed by atoms with Crippen molar-refractivity contribution in [3.8, 4) is 11.3 Å². The number of hydrogen-bond acceptors (Lipinski definition) is 3. The quantitative estimate of drug-likeness (QED) is 0.345. The summed E-state index contributed by atoms with van der Waals surface area (Å²) in [5.41, 5.74) is 7.71. The minimum Gasteiger partial charge on any atom is -0.384 e. The summed E-state index contributed by atoms with van der Waals surface area (Å²) < 4.78 is 0. The highest BCUT2D eigenvalue weighted by atomic mass is 35.5. The van der Waals surface area contributed by atoms with Crippen LogP contribution in [0.4, 0.5) is 5.69 Å². The van der Waals surface area contributed by atoms with Crippen molar-refractivity contribution in [2.45, 2.75) is 40.7 Å². The molecule has 0 aliphatic heterocycles. The number of hydrogen-bond donors (Lipinski definition) is 2. The van der Waals surface area contributed by atoms with Gasteiger partial charge in [-0.2, -0.15) is 0 Å². The van der Waals surface area contributed by atoms with E-state index in [0.29, 0.717) is 22.8 Å². The van der Waals surface area contributed by atoms with Crippen molar-refractivity contribution < 1.29 is 4.79 Å². The van der Waals surface area contributed by atoms with E-state index in [1.54, 1.807) is 18.3 Å². The van der Waals surface area contributed by atoms with Crippen LogP contribution in [-0.2, 0) is 6.54 Å². The molecule has 4 nitrogen and oxygen atoms in total. The molecule has 5 heteroatoms. The zero-order valence-corrected chi connectivity index (χ0v) is 20.3. The molecular formula is C28H30ClN3O. The number of allylic oxidation sites excluding steroid dienone is 4. The number of halogens is 1. The van der Waals surface area contributed by atoms with Crippen molar-refractivity contribution in [2.75, 3.05) is 5.32 Å². The van der Waals surface area contributed by atoms with Gasteiger partial charge in [0.2, 0.25) is 0 Å². The van der Waals surface area contributed by atoms with Crippen molar-refractivity contribution in [2.24, 2.45) is 0 Å². The standard InChI is InChI=1S/C28H30ClN3O/c1-5-19(2)20(3)16-21(4)31-18-22-9-11-23(12-10-22)28(33)32-24-13-14-26(29)25(17-24)27-8-6-7-15-30-27/h6-17,31H,5,18H2,1-4H3,(H,32,33)/b20-19+,21-16-. The zero-order valence-electron chi connectivity index (χ0n) is 19.6. The summed E-state index contributed by atoms with van der Waals surface area (Å²) in [6.45, 7) is 9.23. The maximum atomic E-state index is 12.7. The zero-order chi connectivity index (χ0) is 23.8. The Morgan fingerprint density at radius 3 is 2.45 bits per heavy atom. The minimum absolute atomic E-state index is 0.171. The number of anilines is 1. The molecule has 1 aromatic heterocycles. The number of pyridine rings is 1. The fourth-order valence-corrected chi connectivity index (χ4v) is 3.53. The highest BCUT2D eigenvalue weighted by Gasteiger charge is 2.10. The maximum absolute atomic E-state index is 12.7. The number of carbonyl (C=O) groups excluding carboxylic acids is 1. The van der Waals surface area contributed by atoms with E-state index in [1.807, 2.05) is 48.5 Å². The van der Waals surface area contributed by atoms with Gasteiger partial charge < -0.3 is 10.6 Å². The summed E-state index contributed by atoms with van der Waals surface area (Å²) in [6.07, 6.45) is 4.94. The minimum atomic E-state index is -0.171. The smallest absolute Gasteiger partial charge is 0.255 e. The Balaban J connectivity index is 1.64. The van der Waals surface area contributed by atoms with Gasteiger partial charge >= 0.3 is 0 Å². The van der Waals surface area contributed by atoms with E-state index in [4.69, 9.17) is 11.6 Å². The lowest BCUT2D eigenvalue weighted by atomic mass is 10.1. The molecule has 170 valence electrons. The van der Waals surface area contributed by atoms with Crippen LogP contribution in [-0.4, -0.2) is 10.9 Å². The van der Waals surface area contributed by atoms with E-state index in [1.165, 1.54) is 11.1 Å². The molecule has 2 aromatic carbocycles. The van der Waals surface area contributed by atoms with E-state index in [0.717, 1.165) is 28.9 Å². The van der Waals surface area contributed by atoms with Crippen LogP contribution < -0.4 is 10.6 Å². The molecule has 2 N–H and O–H groups in total. The highest BCUT2D eigenvalue weighted by molar-refractivity contribution is 6.33. The van der Waals surface area contributed by atoms with Crippen LogP contribution >= 0.6 is 11.6 Å². The summed E-state index contributed by atoms with van der Waals surface area (Å²) in [5, 5.41) is 6.97. The van der Waals surface area contributed by atoms with Gasteiger partial charge in [-0.3, -0.25) is 9.78 Å². The Morgan fingerprint density at radius 1 is 1.03 bits per heavy atom. The summed E-state index contributed by atoms with van der Waals surface area (Å²) in [5.74, 6) is -0.171. The fraction of sp³-hybridized carbons (Fsp3) is 0.214. The Hall–Kier alpha value is -3.37. The molecular weight excluding hydrogens is 430 g/mol. The van der Waals surface area contributed by atoms with E-state index >= 15 is 0 Å². The molecule has 0 spiro atoms. The van der Waals surface area contributed by atoms with E-state index in [-0.39, 0.29) is 5.91 Å².